The monoisotopic (exact) mass is 492 g/mol. The van der Waals surface area contributed by atoms with E-state index in [0.29, 0.717) is 11.4 Å². The maximum Gasteiger partial charge on any atom is 0.389 e. The number of aryl methyl sites for hydroxylation is 1. The molecule has 2 amide bonds. The third kappa shape index (κ3) is 7.45. The Bertz CT molecular complexity index is 1150. The predicted molar refractivity (Wildman–Crippen MR) is 102 cm³/mol. The Morgan fingerprint density at radius 1 is 0.971 bits per heavy atom. The van der Waals surface area contributed by atoms with Gasteiger partial charge in [-0.05, 0) is 6.07 Å². The van der Waals surface area contributed by atoms with E-state index in [1.807, 2.05) is 0 Å². The van der Waals surface area contributed by atoms with Crippen molar-refractivity contribution in [2.75, 3.05) is 0 Å². The molecule has 184 valence electrons. The molecular weight excluding hydrogens is 474 g/mol. The predicted octanol–water partition coefficient (Wildman–Crippen LogP) is 3.10. The molecule has 0 fully saturated rings. The number of carbonyl (C=O) groups excluding carboxylic acids is 2. The molecule has 0 saturated heterocycles. The summed E-state index contributed by atoms with van der Waals surface area (Å²) in [5.74, 6) is -1.25. The molecule has 0 atom stereocenters. The third-order valence-electron chi connectivity index (χ3n) is 4.50. The molecule has 0 saturated carbocycles. The number of halogens is 6. The fraction of sp³-hybridized carbons (Fsp3) is 0.421. The number of alkyl halides is 6. The van der Waals surface area contributed by atoms with Crippen molar-refractivity contribution in [1.82, 2.24) is 30.2 Å². The van der Waals surface area contributed by atoms with Crippen molar-refractivity contribution in [3.05, 3.63) is 47.4 Å². The Kier molecular flexibility index (Phi) is 7.41. The zero-order valence-corrected chi connectivity index (χ0v) is 17.3. The number of carbonyl (C=O) groups is 2. The summed E-state index contributed by atoms with van der Waals surface area (Å²) in [5, 5.41) is 8.29. The van der Waals surface area contributed by atoms with E-state index in [2.05, 4.69) is 30.3 Å². The summed E-state index contributed by atoms with van der Waals surface area (Å²) in [6.45, 7) is -0.171. The highest BCUT2D eigenvalue weighted by molar-refractivity contribution is 5.94. The number of imidazole rings is 1. The van der Waals surface area contributed by atoms with Gasteiger partial charge in [-0.1, -0.05) is 5.16 Å². The van der Waals surface area contributed by atoms with Crippen molar-refractivity contribution in [3.63, 3.8) is 0 Å². The topological polar surface area (TPSA) is 114 Å². The maximum atomic E-state index is 12.4. The first-order valence-electron chi connectivity index (χ1n) is 9.85. The fourth-order valence-corrected chi connectivity index (χ4v) is 2.83. The zero-order chi connectivity index (χ0) is 24.9. The van der Waals surface area contributed by atoms with Crippen LogP contribution in [0.1, 0.15) is 46.7 Å². The molecule has 0 unspecified atom stereocenters. The average molecular weight is 492 g/mol. The molecule has 9 nitrogen and oxygen atoms in total. The van der Waals surface area contributed by atoms with Crippen LogP contribution >= 0.6 is 0 Å². The van der Waals surface area contributed by atoms with Crippen LogP contribution in [0.4, 0.5) is 26.3 Å². The highest BCUT2D eigenvalue weighted by Gasteiger charge is 2.29. The van der Waals surface area contributed by atoms with E-state index < -0.39 is 49.9 Å². The Labute approximate surface area is 187 Å². The van der Waals surface area contributed by atoms with Gasteiger partial charge in [-0.25, -0.2) is 9.97 Å². The lowest BCUT2D eigenvalue weighted by Gasteiger charge is -2.07. The molecule has 0 aromatic carbocycles. The molecule has 34 heavy (non-hydrogen) atoms. The minimum Gasteiger partial charge on any atom is -0.364 e. The standard InChI is InChI=1S/C19H18F6N6O3/c20-18(21,22)4-1-14-13(10-34-30-14)16(33)27-8-12-9-31-6-3-11(28-17(31)29-12)7-26-15(32)2-5-19(23,24)25/h3,6,9-10H,1-2,4-5,7-8H2,(H,26,32)(H,27,33). The van der Waals surface area contributed by atoms with Crippen molar-refractivity contribution >= 4 is 17.6 Å². The van der Waals surface area contributed by atoms with E-state index >= 15 is 0 Å². The van der Waals surface area contributed by atoms with Gasteiger partial charge in [-0.3, -0.25) is 14.0 Å². The van der Waals surface area contributed by atoms with Gasteiger partial charge in [0.05, 0.1) is 36.6 Å². The Balaban J connectivity index is 1.55. The lowest BCUT2D eigenvalue weighted by atomic mass is 10.1. The summed E-state index contributed by atoms with van der Waals surface area (Å²) in [7, 11) is 0. The SMILES string of the molecule is O=C(CCC(F)(F)F)NCc1ccn2cc(CNC(=O)c3conc3CCC(F)(F)F)nc2n1. The molecule has 2 N–H and O–H groups in total. The van der Waals surface area contributed by atoms with Crippen LogP contribution in [-0.4, -0.2) is 43.7 Å². The van der Waals surface area contributed by atoms with Gasteiger partial charge in [0.2, 0.25) is 11.7 Å². The summed E-state index contributed by atoms with van der Waals surface area (Å²) in [6, 6.07) is 1.53. The van der Waals surface area contributed by atoms with E-state index in [1.54, 1.807) is 12.4 Å². The summed E-state index contributed by atoms with van der Waals surface area (Å²) >= 11 is 0. The highest BCUT2D eigenvalue weighted by Crippen LogP contribution is 2.23. The summed E-state index contributed by atoms with van der Waals surface area (Å²) in [5.41, 5.74) is 0.497. The van der Waals surface area contributed by atoms with Crippen LogP contribution in [0.2, 0.25) is 0 Å². The quantitative estimate of drug-likeness (QED) is 0.444. The van der Waals surface area contributed by atoms with Crippen LogP contribution in [0, 0.1) is 0 Å². The van der Waals surface area contributed by atoms with Crippen molar-refractivity contribution in [2.24, 2.45) is 0 Å². The first-order chi connectivity index (χ1) is 15.9. The molecule has 3 aromatic heterocycles. The van der Waals surface area contributed by atoms with Crippen LogP contribution in [0.15, 0.2) is 29.2 Å². The zero-order valence-electron chi connectivity index (χ0n) is 17.3. The van der Waals surface area contributed by atoms with Gasteiger partial charge in [0, 0.05) is 31.7 Å². The fourth-order valence-electron chi connectivity index (χ4n) is 2.83. The van der Waals surface area contributed by atoms with E-state index in [0.717, 1.165) is 6.26 Å². The molecule has 15 heteroatoms. The first kappa shape index (κ1) is 25.0. The first-order valence-corrected chi connectivity index (χ1v) is 9.85. The second-order valence-corrected chi connectivity index (χ2v) is 7.22. The minimum absolute atomic E-state index is 0.0738. The van der Waals surface area contributed by atoms with E-state index in [4.69, 9.17) is 0 Å². The summed E-state index contributed by atoms with van der Waals surface area (Å²) < 4.78 is 79.9. The largest absolute Gasteiger partial charge is 0.389 e. The van der Waals surface area contributed by atoms with Crippen LogP contribution < -0.4 is 10.6 Å². The number of hydrogen-bond donors (Lipinski definition) is 2. The number of hydrogen-bond acceptors (Lipinski definition) is 6. The average Bonchev–Trinajstić information content (AvgIpc) is 3.38. The van der Waals surface area contributed by atoms with Gasteiger partial charge in [0.1, 0.15) is 11.8 Å². The van der Waals surface area contributed by atoms with E-state index in [1.165, 1.54) is 10.5 Å². The third-order valence-corrected chi connectivity index (χ3v) is 4.50. The Morgan fingerprint density at radius 2 is 1.65 bits per heavy atom. The van der Waals surface area contributed by atoms with Gasteiger partial charge >= 0.3 is 12.4 Å². The second kappa shape index (κ2) is 10.1. The molecule has 0 spiro atoms. The van der Waals surface area contributed by atoms with Crippen molar-refractivity contribution in [3.8, 4) is 0 Å². The van der Waals surface area contributed by atoms with Crippen LogP contribution in [0.5, 0.6) is 0 Å². The molecule has 0 aliphatic heterocycles. The van der Waals surface area contributed by atoms with Gasteiger partial charge < -0.3 is 15.2 Å². The number of fused-ring (bicyclic) bond motifs is 1. The van der Waals surface area contributed by atoms with Crippen molar-refractivity contribution in [2.45, 2.75) is 51.1 Å². The molecule has 0 aliphatic carbocycles. The van der Waals surface area contributed by atoms with Crippen LogP contribution in [0.25, 0.3) is 5.78 Å². The van der Waals surface area contributed by atoms with Crippen LogP contribution in [-0.2, 0) is 24.3 Å². The molecule has 0 bridgehead atoms. The lowest BCUT2D eigenvalue weighted by Crippen LogP contribution is -2.25. The van der Waals surface area contributed by atoms with Gasteiger partial charge in [-0.2, -0.15) is 26.3 Å². The number of nitrogens with one attached hydrogen (secondary N) is 2. The van der Waals surface area contributed by atoms with Gasteiger partial charge in [0.25, 0.3) is 5.91 Å². The summed E-state index contributed by atoms with van der Waals surface area (Å²) in [4.78, 5) is 32.2. The summed E-state index contributed by atoms with van der Waals surface area (Å²) in [6.07, 6.45) is -8.32. The number of nitrogens with zero attached hydrogens (tertiary/aromatic N) is 4. The van der Waals surface area contributed by atoms with Crippen LogP contribution in [0.3, 0.4) is 0 Å². The van der Waals surface area contributed by atoms with Crippen molar-refractivity contribution in [1.29, 1.82) is 0 Å². The second-order valence-electron chi connectivity index (χ2n) is 7.22. The van der Waals surface area contributed by atoms with E-state index in [-0.39, 0.29) is 30.1 Å². The lowest BCUT2D eigenvalue weighted by molar-refractivity contribution is -0.144. The van der Waals surface area contributed by atoms with Gasteiger partial charge in [0.15, 0.2) is 0 Å². The highest BCUT2D eigenvalue weighted by atomic mass is 19.4. The normalized spacial score (nSPS) is 12.2. The van der Waals surface area contributed by atoms with Gasteiger partial charge in [-0.15, -0.1) is 0 Å². The molecular formula is C19H18F6N6O3. The number of aromatic nitrogens is 4. The molecule has 3 heterocycles. The molecule has 0 radical (unpaired) electrons. The Hall–Kier alpha value is -3.65. The maximum absolute atomic E-state index is 12.4. The number of amides is 2. The molecule has 3 rings (SSSR count). The molecule has 3 aromatic rings. The smallest absolute Gasteiger partial charge is 0.364 e. The number of rotatable bonds is 9. The Morgan fingerprint density at radius 3 is 2.35 bits per heavy atom. The van der Waals surface area contributed by atoms with E-state index in [9.17, 15) is 35.9 Å². The molecule has 0 aliphatic rings. The minimum atomic E-state index is -4.42. The van der Waals surface area contributed by atoms with Crippen molar-refractivity contribution < 1.29 is 40.5 Å².